The third-order valence-corrected chi connectivity index (χ3v) is 8.39. The van der Waals surface area contributed by atoms with Crippen molar-refractivity contribution in [1.82, 2.24) is 18.9 Å². The van der Waals surface area contributed by atoms with Crippen molar-refractivity contribution < 1.29 is 13.2 Å². The molecule has 11 heteroatoms. The largest absolute Gasteiger partial charge is 0.382 e. The standard InChI is InChI=1S/C22H29N7O3S/c23-16-6-4-15(5-7-16)19-20(22-25-8-9-29(22)27-21(19)24)26-17-2-1-3-18(14-17)33(30,31)28-10-12-32-13-11-28/h1-3,8-9,14-16,26H,4-7,10-13,23H2,(H2,24,27)/t15-,16-. The second-order valence-corrected chi connectivity index (χ2v) is 10.6. The average molecular weight is 472 g/mol. The number of morpholine rings is 1. The van der Waals surface area contributed by atoms with Gasteiger partial charge in [0.1, 0.15) is 5.82 Å². The number of nitrogens with one attached hydrogen (secondary N) is 1. The molecule has 0 atom stereocenters. The van der Waals surface area contributed by atoms with Crippen molar-refractivity contribution >= 4 is 32.9 Å². The van der Waals surface area contributed by atoms with Crippen LogP contribution in [0, 0.1) is 0 Å². The Bertz CT molecular complexity index is 1250. The highest BCUT2D eigenvalue weighted by Gasteiger charge is 2.29. The predicted molar refractivity (Wildman–Crippen MR) is 126 cm³/mol. The van der Waals surface area contributed by atoms with Crippen molar-refractivity contribution in [1.29, 1.82) is 0 Å². The van der Waals surface area contributed by atoms with Crippen LogP contribution in [-0.4, -0.2) is 59.7 Å². The molecule has 10 nitrogen and oxygen atoms in total. The zero-order valence-electron chi connectivity index (χ0n) is 18.4. The van der Waals surface area contributed by atoms with Crippen LogP contribution in [0.25, 0.3) is 5.65 Å². The normalized spacial score (nSPS) is 22.5. The second-order valence-electron chi connectivity index (χ2n) is 8.65. The number of imidazole rings is 1. The van der Waals surface area contributed by atoms with Gasteiger partial charge in [-0.15, -0.1) is 5.10 Å². The lowest BCUT2D eigenvalue weighted by Gasteiger charge is -2.29. The summed E-state index contributed by atoms with van der Waals surface area (Å²) in [6.45, 7) is 1.51. The molecule has 5 rings (SSSR count). The molecule has 2 fully saturated rings. The fraction of sp³-hybridized carbons (Fsp3) is 0.455. The minimum absolute atomic E-state index is 0.210. The van der Waals surface area contributed by atoms with Gasteiger partial charge in [0.15, 0.2) is 5.65 Å². The van der Waals surface area contributed by atoms with Gasteiger partial charge < -0.3 is 21.5 Å². The fourth-order valence-corrected chi connectivity index (χ4v) is 6.19. The van der Waals surface area contributed by atoms with E-state index < -0.39 is 10.0 Å². The lowest BCUT2D eigenvalue weighted by atomic mass is 9.81. The molecule has 3 heterocycles. The van der Waals surface area contributed by atoms with Gasteiger partial charge in [-0.1, -0.05) is 6.07 Å². The molecule has 176 valence electrons. The van der Waals surface area contributed by atoms with Gasteiger partial charge in [-0.05, 0) is 49.8 Å². The number of rotatable bonds is 5. The molecule has 1 saturated heterocycles. The summed E-state index contributed by atoms with van der Waals surface area (Å²) in [5.74, 6) is 0.655. The smallest absolute Gasteiger partial charge is 0.243 e. The molecule has 3 aromatic rings. The van der Waals surface area contributed by atoms with Crippen LogP contribution in [0.3, 0.4) is 0 Å². The molecular weight excluding hydrogens is 442 g/mol. The van der Waals surface area contributed by atoms with Gasteiger partial charge >= 0.3 is 0 Å². The molecule has 1 aliphatic heterocycles. The van der Waals surface area contributed by atoms with Crippen LogP contribution < -0.4 is 16.8 Å². The van der Waals surface area contributed by atoms with Gasteiger partial charge in [0.2, 0.25) is 10.0 Å². The van der Waals surface area contributed by atoms with E-state index in [4.69, 9.17) is 16.2 Å². The van der Waals surface area contributed by atoms with Crippen LogP contribution in [0.15, 0.2) is 41.6 Å². The van der Waals surface area contributed by atoms with Crippen LogP contribution in [0.4, 0.5) is 17.2 Å². The van der Waals surface area contributed by atoms with Crippen molar-refractivity contribution in [3.63, 3.8) is 0 Å². The number of anilines is 3. The average Bonchev–Trinajstić information content (AvgIpc) is 3.29. The topological polar surface area (TPSA) is 141 Å². The molecule has 0 spiro atoms. The van der Waals surface area contributed by atoms with E-state index in [0.717, 1.165) is 36.9 Å². The lowest BCUT2D eigenvalue weighted by Crippen LogP contribution is -2.40. The highest BCUT2D eigenvalue weighted by Crippen LogP contribution is 2.41. The van der Waals surface area contributed by atoms with Crippen LogP contribution in [-0.2, 0) is 14.8 Å². The number of nitrogen functional groups attached to an aromatic ring is 1. The molecule has 0 amide bonds. The summed E-state index contributed by atoms with van der Waals surface area (Å²) in [7, 11) is -3.61. The van der Waals surface area contributed by atoms with Crippen molar-refractivity contribution in [3.05, 3.63) is 42.2 Å². The number of nitrogens with two attached hydrogens (primary N) is 2. The van der Waals surface area contributed by atoms with Crippen molar-refractivity contribution in [2.75, 3.05) is 37.4 Å². The van der Waals surface area contributed by atoms with E-state index in [0.29, 0.717) is 43.5 Å². The number of ether oxygens (including phenoxy) is 1. The first-order chi connectivity index (χ1) is 15.9. The van der Waals surface area contributed by atoms with Gasteiger partial charge in [-0.2, -0.15) is 4.31 Å². The Kier molecular flexibility index (Phi) is 5.95. The highest BCUT2D eigenvalue weighted by molar-refractivity contribution is 7.89. The Labute approximate surface area is 193 Å². The van der Waals surface area contributed by atoms with Crippen molar-refractivity contribution in [2.45, 2.75) is 42.5 Å². The number of aromatic nitrogens is 3. The molecule has 2 aliphatic rings. The summed E-state index contributed by atoms with van der Waals surface area (Å²) in [4.78, 5) is 4.73. The molecule has 2 aromatic heterocycles. The van der Waals surface area contributed by atoms with Crippen LogP contribution >= 0.6 is 0 Å². The van der Waals surface area contributed by atoms with E-state index in [1.54, 1.807) is 35.1 Å². The van der Waals surface area contributed by atoms with Crippen LogP contribution in [0.2, 0.25) is 0 Å². The Morgan fingerprint density at radius 3 is 2.64 bits per heavy atom. The van der Waals surface area contributed by atoms with Gasteiger partial charge in [0.05, 0.1) is 23.8 Å². The van der Waals surface area contributed by atoms with E-state index in [-0.39, 0.29) is 16.9 Å². The van der Waals surface area contributed by atoms with Crippen LogP contribution in [0.1, 0.15) is 37.2 Å². The minimum atomic E-state index is -3.61. The third-order valence-electron chi connectivity index (χ3n) is 6.50. The summed E-state index contributed by atoms with van der Waals surface area (Å²) >= 11 is 0. The number of hydrogen-bond acceptors (Lipinski definition) is 8. The highest BCUT2D eigenvalue weighted by atomic mass is 32.2. The number of hydrogen-bond donors (Lipinski definition) is 3. The maximum Gasteiger partial charge on any atom is 0.243 e. The lowest BCUT2D eigenvalue weighted by molar-refractivity contribution is 0.0730. The fourth-order valence-electron chi connectivity index (χ4n) is 4.73. The zero-order chi connectivity index (χ0) is 23.0. The first-order valence-corrected chi connectivity index (χ1v) is 12.7. The predicted octanol–water partition coefficient (Wildman–Crippen LogP) is 2.06. The molecule has 0 unspecified atom stereocenters. The number of benzene rings is 1. The summed E-state index contributed by atoms with van der Waals surface area (Å²) in [6.07, 6.45) is 7.12. The SMILES string of the molecule is Nc1nn2ccnc2c(Nc2cccc(S(=O)(=O)N3CCOCC3)c2)c1[C@H]1CC[C@H](N)CC1. The zero-order valence-corrected chi connectivity index (χ0v) is 19.2. The van der Waals surface area contributed by atoms with E-state index in [1.165, 1.54) is 4.31 Å². The maximum absolute atomic E-state index is 13.1. The van der Waals surface area contributed by atoms with Gasteiger partial charge in [0.25, 0.3) is 0 Å². The van der Waals surface area contributed by atoms with E-state index in [9.17, 15) is 8.42 Å². The summed E-state index contributed by atoms with van der Waals surface area (Å²) in [5, 5.41) is 7.92. The molecule has 1 saturated carbocycles. The van der Waals surface area contributed by atoms with Crippen molar-refractivity contribution in [2.24, 2.45) is 5.73 Å². The van der Waals surface area contributed by atoms with Gasteiger partial charge in [0, 0.05) is 42.8 Å². The minimum Gasteiger partial charge on any atom is -0.382 e. The second kappa shape index (κ2) is 8.90. The summed E-state index contributed by atoms with van der Waals surface area (Å²) in [6, 6.07) is 7.06. The summed E-state index contributed by atoms with van der Waals surface area (Å²) in [5.41, 5.74) is 15.5. The van der Waals surface area contributed by atoms with Crippen molar-refractivity contribution in [3.8, 4) is 0 Å². The third kappa shape index (κ3) is 4.29. The van der Waals surface area contributed by atoms with E-state index in [1.807, 2.05) is 6.07 Å². The Balaban J connectivity index is 1.52. The molecule has 0 radical (unpaired) electrons. The van der Waals surface area contributed by atoms with E-state index in [2.05, 4.69) is 15.4 Å². The first kappa shape index (κ1) is 22.1. The Morgan fingerprint density at radius 2 is 1.88 bits per heavy atom. The molecule has 1 aromatic carbocycles. The monoisotopic (exact) mass is 471 g/mol. The van der Waals surface area contributed by atoms with Crippen LogP contribution in [0.5, 0.6) is 0 Å². The number of fused-ring (bicyclic) bond motifs is 1. The summed E-state index contributed by atoms with van der Waals surface area (Å²) < 4.78 is 34.7. The molecule has 1 aliphatic carbocycles. The molecule has 5 N–H and O–H groups in total. The van der Waals surface area contributed by atoms with Gasteiger partial charge in [-0.25, -0.2) is 17.9 Å². The maximum atomic E-state index is 13.1. The molecule has 33 heavy (non-hydrogen) atoms. The molecule has 0 bridgehead atoms. The number of sulfonamides is 1. The Morgan fingerprint density at radius 1 is 1.12 bits per heavy atom. The Hall–Kier alpha value is -2.73. The first-order valence-electron chi connectivity index (χ1n) is 11.3. The number of nitrogens with zero attached hydrogens (tertiary/aromatic N) is 4. The van der Waals surface area contributed by atoms with E-state index >= 15 is 0 Å². The van der Waals surface area contributed by atoms with Gasteiger partial charge in [-0.3, -0.25) is 0 Å². The molecular formula is C22H29N7O3S. The quantitative estimate of drug-likeness (QED) is 0.513.